The molecule has 10 nitrogen and oxygen atoms in total. The fraction of sp³-hybridized carbons (Fsp3) is 0.333. The van der Waals surface area contributed by atoms with Crippen molar-refractivity contribution in [2.24, 2.45) is 0 Å². The van der Waals surface area contributed by atoms with Crippen LogP contribution < -0.4 is 10.6 Å². The fourth-order valence-electron chi connectivity index (χ4n) is 5.76. The Morgan fingerprint density at radius 1 is 1.33 bits per heavy atom. The highest BCUT2D eigenvalue weighted by molar-refractivity contribution is 6.37. The molecule has 5 N–H and O–H groups in total. The van der Waals surface area contributed by atoms with E-state index in [1.165, 1.54) is 24.3 Å². The van der Waals surface area contributed by atoms with Gasteiger partial charge in [-0.15, -0.1) is 0 Å². The number of phenols is 1. The summed E-state index contributed by atoms with van der Waals surface area (Å²) in [6.45, 7) is 10.2. The smallest absolute Gasteiger partial charge is 0.246 e. The maximum atomic E-state index is 15.1. The van der Waals surface area contributed by atoms with Gasteiger partial charge in [0, 0.05) is 31.9 Å². The van der Waals surface area contributed by atoms with Gasteiger partial charge in [0.25, 0.3) is 0 Å². The lowest BCUT2D eigenvalue weighted by Crippen LogP contribution is -2.61. The van der Waals surface area contributed by atoms with E-state index in [0.29, 0.717) is 48.7 Å². The van der Waals surface area contributed by atoms with E-state index in [4.69, 9.17) is 16.6 Å². The summed E-state index contributed by atoms with van der Waals surface area (Å²) in [7, 11) is 0. The number of aliphatic hydroxyl groups excluding tert-OH is 1. The number of amidine groups is 1. The molecule has 12 heteroatoms. The van der Waals surface area contributed by atoms with E-state index in [2.05, 4.69) is 22.2 Å². The normalized spacial score (nSPS) is 19.1. The van der Waals surface area contributed by atoms with Gasteiger partial charge in [0.05, 0.1) is 45.4 Å². The molecule has 1 amide bonds. The molecule has 4 heterocycles. The lowest BCUT2D eigenvalue weighted by molar-refractivity contribution is -0.129. The van der Waals surface area contributed by atoms with Gasteiger partial charge >= 0.3 is 0 Å². The molecule has 3 unspecified atom stereocenters. The van der Waals surface area contributed by atoms with Crippen LogP contribution in [-0.4, -0.2) is 73.4 Å². The molecule has 42 heavy (non-hydrogen) atoms. The predicted molar refractivity (Wildman–Crippen MR) is 161 cm³/mol. The molecular formula is C30H33ClFN7O3. The minimum absolute atomic E-state index is 0.0134. The number of amides is 1. The van der Waals surface area contributed by atoms with Crippen LogP contribution in [0, 0.1) is 18.2 Å². The van der Waals surface area contributed by atoms with Crippen molar-refractivity contribution < 1.29 is 19.4 Å². The molecular weight excluding hydrogens is 561 g/mol. The second-order valence-electron chi connectivity index (χ2n) is 10.6. The number of aromatic hydroxyl groups is 1. The van der Waals surface area contributed by atoms with Gasteiger partial charge in [-0.25, -0.2) is 9.37 Å². The van der Waals surface area contributed by atoms with Crippen LogP contribution in [0.5, 0.6) is 5.75 Å². The minimum Gasteiger partial charge on any atom is -0.507 e. The van der Waals surface area contributed by atoms with Gasteiger partial charge in [-0.05, 0) is 57.0 Å². The highest BCUT2D eigenvalue weighted by Crippen LogP contribution is 2.44. The average Bonchev–Trinajstić information content (AvgIpc) is 2.93. The van der Waals surface area contributed by atoms with E-state index < -0.39 is 11.9 Å². The van der Waals surface area contributed by atoms with Gasteiger partial charge < -0.3 is 30.6 Å². The SMILES string of the molecule is C=CC(=O)N1CC(C)N2C(=N)c3c(Nc4c(C)ccnc4C(C)O)nc(-c4c(O)cccc4F)c(Cl)c3NCCC2C1. The van der Waals surface area contributed by atoms with Crippen LogP contribution in [-0.2, 0) is 4.79 Å². The van der Waals surface area contributed by atoms with E-state index in [1.807, 2.05) is 18.7 Å². The van der Waals surface area contributed by atoms with E-state index >= 15 is 4.39 Å². The standard InChI is InChI=1S/C30H33ClFN7O3/c1-5-21(42)38-13-16(3)39-18(14-38)10-12-35-27-23(29(39)33)30(36-25-15(2)9-11-34-26(25)17(4)40)37-28(24(27)31)22-19(32)7-6-8-20(22)41/h5-9,11,16-18,33,35,40-41H,1,10,12-14H2,2-4H3,(H,36,37). The summed E-state index contributed by atoms with van der Waals surface area (Å²) < 4.78 is 15.1. The number of piperazine rings is 1. The number of benzene rings is 1. The molecule has 1 fully saturated rings. The molecule has 3 atom stereocenters. The van der Waals surface area contributed by atoms with Gasteiger partial charge in [-0.1, -0.05) is 24.2 Å². The van der Waals surface area contributed by atoms with Crippen LogP contribution in [0.2, 0.25) is 5.02 Å². The number of hydrogen-bond acceptors (Lipinski definition) is 8. The molecule has 3 aromatic rings. The Labute approximate surface area is 248 Å². The number of pyridine rings is 2. The molecule has 5 rings (SSSR count). The Bertz CT molecular complexity index is 1560. The summed E-state index contributed by atoms with van der Waals surface area (Å²) in [4.78, 5) is 25.2. The fourth-order valence-corrected chi connectivity index (χ4v) is 6.06. The number of aromatic nitrogens is 2. The summed E-state index contributed by atoms with van der Waals surface area (Å²) in [5.41, 5.74) is 2.10. The molecule has 0 radical (unpaired) electrons. The largest absolute Gasteiger partial charge is 0.507 e. The van der Waals surface area contributed by atoms with Crippen LogP contribution in [0.15, 0.2) is 43.1 Å². The number of nitrogens with zero attached hydrogens (tertiary/aromatic N) is 4. The first-order valence-electron chi connectivity index (χ1n) is 13.7. The zero-order valence-corrected chi connectivity index (χ0v) is 24.3. The van der Waals surface area contributed by atoms with Crippen molar-refractivity contribution in [1.82, 2.24) is 19.8 Å². The van der Waals surface area contributed by atoms with Crippen LogP contribution >= 0.6 is 11.6 Å². The highest BCUT2D eigenvalue weighted by atomic mass is 35.5. The molecule has 220 valence electrons. The molecule has 1 saturated heterocycles. The number of fused-ring (bicyclic) bond motifs is 2. The van der Waals surface area contributed by atoms with E-state index in [9.17, 15) is 20.4 Å². The summed E-state index contributed by atoms with van der Waals surface area (Å²) in [5, 5.41) is 37.2. The Kier molecular flexibility index (Phi) is 8.07. The van der Waals surface area contributed by atoms with Gasteiger partial charge in [0.2, 0.25) is 5.91 Å². The maximum Gasteiger partial charge on any atom is 0.246 e. The zero-order chi connectivity index (χ0) is 30.3. The van der Waals surface area contributed by atoms with Crippen molar-refractivity contribution in [3.8, 4) is 17.0 Å². The second-order valence-corrected chi connectivity index (χ2v) is 11.0. The summed E-state index contributed by atoms with van der Waals surface area (Å²) in [5.74, 6) is -0.936. The molecule has 0 saturated carbocycles. The zero-order valence-electron chi connectivity index (χ0n) is 23.6. The molecule has 2 aliphatic heterocycles. The van der Waals surface area contributed by atoms with Crippen molar-refractivity contribution >= 4 is 40.5 Å². The second kappa shape index (κ2) is 11.6. The summed E-state index contributed by atoms with van der Waals surface area (Å²) in [6.07, 6.45) is 2.55. The summed E-state index contributed by atoms with van der Waals surface area (Å²) in [6, 6.07) is 5.31. The maximum absolute atomic E-state index is 15.1. The minimum atomic E-state index is -0.922. The Balaban J connectivity index is 1.73. The number of phenolic OH excluding ortho intramolecular Hbond substituents is 1. The number of carbonyl (C=O) groups excluding carboxylic acids is 1. The number of aliphatic hydroxyl groups is 1. The van der Waals surface area contributed by atoms with Crippen molar-refractivity contribution in [2.45, 2.75) is 45.4 Å². The highest BCUT2D eigenvalue weighted by Gasteiger charge is 2.39. The Hall–Kier alpha value is -4.22. The number of aryl methyl sites for hydroxylation is 1. The van der Waals surface area contributed by atoms with E-state index in [0.717, 1.165) is 5.56 Å². The Morgan fingerprint density at radius 2 is 2.10 bits per heavy atom. The molecule has 0 aliphatic carbocycles. The van der Waals surface area contributed by atoms with Crippen LogP contribution in [0.4, 0.5) is 21.6 Å². The lowest BCUT2D eigenvalue weighted by atomic mass is 9.97. The first-order valence-corrected chi connectivity index (χ1v) is 14.1. The van der Waals surface area contributed by atoms with Crippen molar-refractivity contribution in [1.29, 1.82) is 5.41 Å². The van der Waals surface area contributed by atoms with Crippen LogP contribution in [0.1, 0.15) is 43.2 Å². The first-order chi connectivity index (χ1) is 20.0. The van der Waals surface area contributed by atoms with Crippen LogP contribution in [0.3, 0.4) is 0 Å². The van der Waals surface area contributed by atoms with E-state index in [1.54, 1.807) is 24.1 Å². The average molecular weight is 594 g/mol. The topological polar surface area (TPSA) is 138 Å². The summed E-state index contributed by atoms with van der Waals surface area (Å²) >= 11 is 6.92. The number of hydrogen-bond donors (Lipinski definition) is 5. The third kappa shape index (κ3) is 5.14. The number of halogens is 2. The number of carbonyl (C=O) groups is 1. The monoisotopic (exact) mass is 593 g/mol. The van der Waals surface area contributed by atoms with Gasteiger partial charge in [0.1, 0.15) is 28.9 Å². The molecule has 2 aliphatic rings. The van der Waals surface area contributed by atoms with Gasteiger partial charge in [-0.2, -0.15) is 0 Å². The number of nitrogens with one attached hydrogen (secondary N) is 3. The van der Waals surface area contributed by atoms with E-state index in [-0.39, 0.29) is 51.7 Å². The third-order valence-electron chi connectivity index (χ3n) is 7.74. The molecule has 2 aromatic heterocycles. The first kappa shape index (κ1) is 29.3. The lowest BCUT2D eigenvalue weighted by Gasteiger charge is -2.48. The molecule has 0 spiro atoms. The third-order valence-corrected chi connectivity index (χ3v) is 8.11. The Morgan fingerprint density at radius 3 is 2.79 bits per heavy atom. The van der Waals surface area contributed by atoms with Crippen molar-refractivity contribution in [2.75, 3.05) is 30.3 Å². The van der Waals surface area contributed by atoms with Crippen LogP contribution in [0.25, 0.3) is 11.3 Å². The van der Waals surface area contributed by atoms with Gasteiger partial charge in [0.15, 0.2) is 0 Å². The van der Waals surface area contributed by atoms with Crippen molar-refractivity contribution in [3.63, 3.8) is 0 Å². The van der Waals surface area contributed by atoms with Gasteiger partial charge in [-0.3, -0.25) is 15.2 Å². The number of anilines is 3. The quantitative estimate of drug-likeness (QED) is 0.261. The predicted octanol–water partition coefficient (Wildman–Crippen LogP) is 4.98. The molecule has 0 bridgehead atoms. The van der Waals surface area contributed by atoms with Crippen molar-refractivity contribution in [3.05, 3.63) is 70.8 Å². The molecule has 1 aromatic carbocycles. The number of rotatable bonds is 5.